The van der Waals surface area contributed by atoms with E-state index in [0.717, 1.165) is 33.7 Å². The highest BCUT2D eigenvalue weighted by Gasteiger charge is 2.48. The van der Waals surface area contributed by atoms with Crippen molar-refractivity contribution in [3.05, 3.63) is 68.1 Å². The van der Waals surface area contributed by atoms with Crippen LogP contribution < -0.4 is 5.32 Å². The molecule has 164 valence electrons. The minimum Gasteiger partial charge on any atom is -0.392 e. The maximum absolute atomic E-state index is 10.4. The number of hydrogen-bond donors (Lipinski definition) is 3. The summed E-state index contributed by atoms with van der Waals surface area (Å²) in [5.41, 5.74) is 3.21. The zero-order valence-electron chi connectivity index (χ0n) is 17.2. The summed E-state index contributed by atoms with van der Waals surface area (Å²) in [7, 11) is 0. The molecule has 0 aliphatic carbocycles. The van der Waals surface area contributed by atoms with Crippen molar-refractivity contribution in [1.29, 1.82) is 0 Å². The van der Waals surface area contributed by atoms with E-state index in [1.807, 2.05) is 41.2 Å². The smallest absolute Gasteiger partial charge is 0.106 e. The van der Waals surface area contributed by atoms with Crippen LogP contribution in [0.25, 0.3) is 0 Å². The van der Waals surface area contributed by atoms with Gasteiger partial charge in [0.25, 0.3) is 0 Å². The van der Waals surface area contributed by atoms with Gasteiger partial charge in [-0.15, -0.1) is 16.4 Å². The van der Waals surface area contributed by atoms with Crippen molar-refractivity contribution in [2.45, 2.75) is 56.7 Å². The molecular formula is C22H25ClN4O3S. The molecule has 0 amide bonds. The van der Waals surface area contributed by atoms with Gasteiger partial charge in [-0.05, 0) is 30.5 Å². The SMILES string of the molecule is C[C@H]1C[C@@]2(C[C@@H](c3cn(Cc4cccc(CO)c4)nn3)N1)OC[C@@H](O)c1cc(Cl)sc12. The molecule has 0 radical (unpaired) electrons. The number of halogens is 1. The second-order valence-corrected chi connectivity index (χ2v) is 10.2. The van der Waals surface area contributed by atoms with E-state index in [4.69, 9.17) is 16.3 Å². The summed E-state index contributed by atoms with van der Waals surface area (Å²) in [6, 6.07) is 9.87. The molecule has 3 aromatic rings. The quantitative estimate of drug-likeness (QED) is 0.553. The van der Waals surface area contributed by atoms with Crippen molar-refractivity contribution < 1.29 is 14.9 Å². The average Bonchev–Trinajstić information content (AvgIpc) is 3.38. The van der Waals surface area contributed by atoms with Gasteiger partial charge in [0.1, 0.15) is 11.7 Å². The topological polar surface area (TPSA) is 92.4 Å². The lowest BCUT2D eigenvalue weighted by Crippen LogP contribution is -2.50. The second-order valence-electron chi connectivity index (χ2n) is 8.50. The number of ether oxygens (including phenoxy) is 1. The number of aromatic nitrogens is 3. The number of thiophene rings is 1. The molecule has 0 unspecified atom stereocenters. The molecule has 31 heavy (non-hydrogen) atoms. The van der Waals surface area contributed by atoms with E-state index in [2.05, 4.69) is 22.6 Å². The van der Waals surface area contributed by atoms with Crippen LogP contribution in [0.5, 0.6) is 0 Å². The van der Waals surface area contributed by atoms with Crippen molar-refractivity contribution in [2.75, 3.05) is 6.61 Å². The van der Waals surface area contributed by atoms with Gasteiger partial charge in [-0.3, -0.25) is 0 Å². The number of aliphatic hydroxyl groups excluding tert-OH is 2. The fraction of sp³-hybridized carbons (Fsp3) is 0.455. The lowest BCUT2D eigenvalue weighted by Gasteiger charge is -2.46. The summed E-state index contributed by atoms with van der Waals surface area (Å²) >= 11 is 7.81. The maximum atomic E-state index is 10.4. The zero-order valence-corrected chi connectivity index (χ0v) is 18.7. The average molecular weight is 461 g/mol. The van der Waals surface area contributed by atoms with Crippen LogP contribution in [0.15, 0.2) is 36.5 Å². The normalized spacial score (nSPS) is 28.1. The Morgan fingerprint density at radius 2 is 2.16 bits per heavy atom. The van der Waals surface area contributed by atoms with E-state index in [1.54, 1.807) is 0 Å². The number of rotatable bonds is 4. The van der Waals surface area contributed by atoms with Gasteiger partial charge >= 0.3 is 0 Å². The Labute approximate surface area is 189 Å². The van der Waals surface area contributed by atoms with Crippen LogP contribution in [-0.4, -0.2) is 37.9 Å². The van der Waals surface area contributed by atoms with Crippen LogP contribution in [0.2, 0.25) is 4.34 Å². The third kappa shape index (κ3) is 4.04. The summed E-state index contributed by atoms with van der Waals surface area (Å²) in [5.74, 6) is 0. The largest absolute Gasteiger partial charge is 0.392 e. The van der Waals surface area contributed by atoms with Crippen molar-refractivity contribution in [2.24, 2.45) is 0 Å². The van der Waals surface area contributed by atoms with E-state index in [0.29, 0.717) is 17.3 Å². The first-order valence-electron chi connectivity index (χ1n) is 10.4. The molecular weight excluding hydrogens is 436 g/mol. The van der Waals surface area contributed by atoms with E-state index < -0.39 is 11.7 Å². The molecule has 3 N–H and O–H groups in total. The lowest BCUT2D eigenvalue weighted by atomic mass is 9.79. The summed E-state index contributed by atoms with van der Waals surface area (Å²) in [5, 5.41) is 32.1. The van der Waals surface area contributed by atoms with Gasteiger partial charge in [0.15, 0.2) is 0 Å². The molecule has 1 fully saturated rings. The molecule has 2 aliphatic rings. The van der Waals surface area contributed by atoms with Crippen LogP contribution in [0.4, 0.5) is 0 Å². The van der Waals surface area contributed by atoms with Gasteiger partial charge in [-0.2, -0.15) is 0 Å². The van der Waals surface area contributed by atoms with Gasteiger partial charge in [0.05, 0.1) is 42.0 Å². The minimum atomic E-state index is -0.636. The zero-order chi connectivity index (χ0) is 21.6. The molecule has 1 aromatic carbocycles. The van der Waals surface area contributed by atoms with E-state index in [9.17, 15) is 10.2 Å². The number of nitrogens with one attached hydrogen (secondary N) is 1. The molecule has 2 aliphatic heterocycles. The third-order valence-corrected chi connectivity index (χ3v) is 7.57. The Bertz CT molecular complexity index is 1090. The van der Waals surface area contributed by atoms with Crippen LogP contribution in [-0.2, 0) is 23.5 Å². The summed E-state index contributed by atoms with van der Waals surface area (Å²) in [6.07, 6.45) is 2.84. The Hall–Kier alpha value is -1.81. The monoisotopic (exact) mass is 460 g/mol. The summed E-state index contributed by atoms with van der Waals surface area (Å²) in [6.45, 7) is 3.02. The van der Waals surface area contributed by atoms with E-state index in [-0.39, 0.29) is 25.3 Å². The molecule has 1 spiro atoms. The highest BCUT2D eigenvalue weighted by Crippen LogP contribution is 2.51. The maximum Gasteiger partial charge on any atom is 0.106 e. The van der Waals surface area contributed by atoms with Crippen molar-refractivity contribution in [1.82, 2.24) is 20.3 Å². The molecule has 5 rings (SSSR count). The van der Waals surface area contributed by atoms with Crippen LogP contribution in [0.3, 0.4) is 0 Å². The minimum absolute atomic E-state index is 0.0197. The Balaban J connectivity index is 1.40. The number of piperidine rings is 1. The standard InChI is InChI=1S/C22H25ClN4O3S/c1-13-7-22(21-16(6-20(23)31-21)19(29)12-30-22)8-17(24-13)18-10-27(26-25-18)9-14-3-2-4-15(5-14)11-28/h2-6,10,13,17,19,24,28-29H,7-9,11-12H2,1H3/t13-,17-,19+,22-/m0/s1. The number of nitrogens with zero attached hydrogens (tertiary/aromatic N) is 3. The van der Waals surface area contributed by atoms with Gasteiger partial charge in [-0.1, -0.05) is 41.1 Å². The summed E-state index contributed by atoms with van der Waals surface area (Å²) in [4.78, 5) is 1.03. The first-order chi connectivity index (χ1) is 15.0. The third-order valence-electron chi connectivity index (χ3n) is 6.11. The molecule has 9 heteroatoms. The number of benzene rings is 1. The first-order valence-corrected chi connectivity index (χ1v) is 11.6. The van der Waals surface area contributed by atoms with Gasteiger partial charge in [-0.25, -0.2) is 4.68 Å². The molecule has 1 saturated heterocycles. The molecule has 4 atom stereocenters. The Morgan fingerprint density at radius 1 is 1.32 bits per heavy atom. The highest BCUT2D eigenvalue weighted by molar-refractivity contribution is 7.16. The van der Waals surface area contributed by atoms with Crippen LogP contribution in [0, 0.1) is 0 Å². The summed E-state index contributed by atoms with van der Waals surface area (Å²) < 4.78 is 8.78. The lowest BCUT2D eigenvalue weighted by molar-refractivity contribution is -0.129. The van der Waals surface area contributed by atoms with Crippen LogP contribution in [0.1, 0.15) is 59.2 Å². The molecule has 0 saturated carbocycles. The van der Waals surface area contributed by atoms with Crippen molar-refractivity contribution in [3.8, 4) is 0 Å². The molecule has 0 bridgehead atoms. The molecule has 7 nitrogen and oxygen atoms in total. The van der Waals surface area contributed by atoms with Gasteiger partial charge in [0, 0.05) is 22.9 Å². The molecule has 2 aromatic heterocycles. The Morgan fingerprint density at radius 3 is 3.00 bits per heavy atom. The second kappa shape index (κ2) is 8.27. The van der Waals surface area contributed by atoms with E-state index >= 15 is 0 Å². The first kappa shape index (κ1) is 21.1. The Kier molecular flexibility index (Phi) is 5.62. The van der Waals surface area contributed by atoms with Gasteiger partial charge in [0.2, 0.25) is 0 Å². The number of aliphatic hydroxyl groups is 2. The van der Waals surface area contributed by atoms with Crippen molar-refractivity contribution >= 4 is 22.9 Å². The van der Waals surface area contributed by atoms with Crippen LogP contribution >= 0.6 is 22.9 Å². The fourth-order valence-electron chi connectivity index (χ4n) is 4.80. The molecule has 4 heterocycles. The van der Waals surface area contributed by atoms with Gasteiger partial charge < -0.3 is 20.3 Å². The highest BCUT2D eigenvalue weighted by atomic mass is 35.5. The number of hydrogen-bond acceptors (Lipinski definition) is 7. The van der Waals surface area contributed by atoms with E-state index in [1.165, 1.54) is 11.3 Å². The predicted molar refractivity (Wildman–Crippen MR) is 118 cm³/mol. The van der Waals surface area contributed by atoms with Crippen molar-refractivity contribution in [3.63, 3.8) is 0 Å². The number of fused-ring (bicyclic) bond motifs is 2. The predicted octanol–water partition coefficient (Wildman–Crippen LogP) is 3.31. The fourth-order valence-corrected chi connectivity index (χ4v) is 6.25.